The van der Waals surface area contributed by atoms with Crippen LogP contribution >= 0.6 is 0 Å². The molecule has 1 aliphatic rings. The Morgan fingerprint density at radius 1 is 1.52 bits per heavy atom. The zero-order chi connectivity index (χ0) is 15.6. The molecule has 0 saturated carbocycles. The first-order valence-electron chi connectivity index (χ1n) is 6.50. The van der Waals surface area contributed by atoms with Crippen LogP contribution in [-0.2, 0) is 4.79 Å². The highest BCUT2D eigenvalue weighted by Gasteiger charge is 2.45. The van der Waals surface area contributed by atoms with E-state index >= 15 is 0 Å². The summed E-state index contributed by atoms with van der Waals surface area (Å²) < 4.78 is 32.9. The smallest absolute Gasteiger partial charge is 0.287 e. The first-order chi connectivity index (χ1) is 9.83. The molecule has 5 nitrogen and oxygen atoms in total. The fourth-order valence-corrected chi connectivity index (χ4v) is 2.17. The fourth-order valence-electron chi connectivity index (χ4n) is 2.17. The standard InChI is InChI=1S/C14H16F2N2O3/c1-3-12(19)18-7-6-14(15,16)11(8-18)17-13(20)10-5-4-9(2)21-10/h3-5,11H,1,6-8H2,2H3,(H,17,20)/t11-/m1/s1. The summed E-state index contributed by atoms with van der Waals surface area (Å²) in [5.41, 5.74) is 0. The van der Waals surface area contributed by atoms with Crippen LogP contribution < -0.4 is 5.32 Å². The number of nitrogens with one attached hydrogen (secondary N) is 1. The van der Waals surface area contributed by atoms with Crippen LogP contribution in [-0.4, -0.2) is 41.8 Å². The largest absolute Gasteiger partial charge is 0.456 e. The van der Waals surface area contributed by atoms with Gasteiger partial charge in [0.05, 0.1) is 0 Å². The number of alkyl halides is 2. The van der Waals surface area contributed by atoms with Crippen molar-refractivity contribution in [2.45, 2.75) is 25.3 Å². The van der Waals surface area contributed by atoms with Crippen LogP contribution in [0.25, 0.3) is 0 Å². The minimum absolute atomic E-state index is 0.0320. The van der Waals surface area contributed by atoms with E-state index in [1.807, 2.05) is 0 Å². The van der Waals surface area contributed by atoms with Crippen molar-refractivity contribution in [2.75, 3.05) is 13.1 Å². The van der Waals surface area contributed by atoms with Crippen molar-refractivity contribution >= 4 is 11.8 Å². The molecule has 0 aliphatic carbocycles. The number of rotatable bonds is 3. The lowest BCUT2D eigenvalue weighted by Crippen LogP contribution is -2.59. The lowest BCUT2D eigenvalue weighted by atomic mass is 10.0. The van der Waals surface area contributed by atoms with Crippen molar-refractivity contribution in [1.29, 1.82) is 0 Å². The van der Waals surface area contributed by atoms with Gasteiger partial charge in [-0.1, -0.05) is 6.58 Å². The Balaban J connectivity index is 2.09. The zero-order valence-electron chi connectivity index (χ0n) is 11.6. The molecule has 7 heteroatoms. The Morgan fingerprint density at radius 3 is 2.81 bits per heavy atom. The van der Waals surface area contributed by atoms with E-state index in [9.17, 15) is 18.4 Å². The van der Waals surface area contributed by atoms with Crippen molar-refractivity contribution in [1.82, 2.24) is 10.2 Å². The number of carbonyl (C=O) groups is 2. The summed E-state index contributed by atoms with van der Waals surface area (Å²) in [6, 6.07) is 1.54. The first-order valence-corrected chi connectivity index (χ1v) is 6.50. The number of halogens is 2. The number of amides is 2. The Labute approximate surface area is 120 Å². The second-order valence-electron chi connectivity index (χ2n) is 4.94. The number of likely N-dealkylation sites (tertiary alicyclic amines) is 1. The Kier molecular flexibility index (Phi) is 4.11. The van der Waals surface area contributed by atoms with Gasteiger partial charge in [0, 0.05) is 19.5 Å². The van der Waals surface area contributed by atoms with Crippen molar-refractivity contribution in [3.63, 3.8) is 0 Å². The van der Waals surface area contributed by atoms with E-state index in [-0.39, 0.29) is 18.8 Å². The van der Waals surface area contributed by atoms with Gasteiger partial charge < -0.3 is 14.6 Å². The molecule has 2 heterocycles. The average Bonchev–Trinajstić information content (AvgIpc) is 2.87. The normalized spacial score (nSPS) is 20.9. The quantitative estimate of drug-likeness (QED) is 0.865. The monoisotopic (exact) mass is 298 g/mol. The van der Waals surface area contributed by atoms with E-state index in [0.717, 1.165) is 6.08 Å². The molecule has 0 radical (unpaired) electrons. The van der Waals surface area contributed by atoms with E-state index in [1.165, 1.54) is 11.0 Å². The van der Waals surface area contributed by atoms with E-state index in [0.29, 0.717) is 5.76 Å². The maximum absolute atomic E-state index is 13.9. The van der Waals surface area contributed by atoms with Gasteiger partial charge in [0.15, 0.2) is 5.76 Å². The molecule has 1 aliphatic heterocycles. The van der Waals surface area contributed by atoms with Gasteiger partial charge in [-0.3, -0.25) is 9.59 Å². The molecule has 1 aromatic rings. The molecule has 21 heavy (non-hydrogen) atoms. The molecule has 2 rings (SSSR count). The van der Waals surface area contributed by atoms with Gasteiger partial charge in [-0.25, -0.2) is 8.78 Å². The molecule has 1 aromatic heterocycles. The third-order valence-corrected chi connectivity index (χ3v) is 3.38. The van der Waals surface area contributed by atoms with Crippen LogP contribution in [0.5, 0.6) is 0 Å². The first kappa shape index (κ1) is 15.2. The zero-order valence-corrected chi connectivity index (χ0v) is 11.6. The number of aryl methyl sites for hydroxylation is 1. The van der Waals surface area contributed by atoms with Gasteiger partial charge in [0.2, 0.25) is 5.91 Å². The molecule has 1 saturated heterocycles. The second-order valence-corrected chi connectivity index (χ2v) is 4.94. The summed E-state index contributed by atoms with van der Waals surface area (Å²) in [6.07, 6.45) is 0.562. The van der Waals surface area contributed by atoms with Crippen molar-refractivity contribution in [2.24, 2.45) is 0 Å². The average molecular weight is 298 g/mol. The van der Waals surface area contributed by atoms with Crippen LogP contribution in [0.3, 0.4) is 0 Å². The van der Waals surface area contributed by atoms with Gasteiger partial charge in [0.1, 0.15) is 11.8 Å². The van der Waals surface area contributed by atoms with Crippen LogP contribution in [0.2, 0.25) is 0 Å². The summed E-state index contributed by atoms with van der Waals surface area (Å²) in [7, 11) is 0. The van der Waals surface area contributed by atoms with E-state index < -0.39 is 30.2 Å². The third kappa shape index (κ3) is 3.29. The van der Waals surface area contributed by atoms with Gasteiger partial charge in [-0.2, -0.15) is 0 Å². The van der Waals surface area contributed by atoms with Gasteiger partial charge in [-0.15, -0.1) is 0 Å². The highest BCUT2D eigenvalue weighted by molar-refractivity contribution is 5.92. The number of hydrogen-bond donors (Lipinski definition) is 1. The Hall–Kier alpha value is -2.18. The summed E-state index contributed by atoms with van der Waals surface area (Å²) in [6.45, 7) is 4.65. The lowest BCUT2D eigenvalue weighted by molar-refractivity contribution is -0.135. The van der Waals surface area contributed by atoms with Crippen molar-refractivity contribution in [3.8, 4) is 0 Å². The fraction of sp³-hybridized carbons (Fsp3) is 0.429. The number of furan rings is 1. The molecule has 0 spiro atoms. The van der Waals surface area contributed by atoms with Crippen LogP contribution in [0.4, 0.5) is 8.78 Å². The molecule has 0 unspecified atom stereocenters. The molecule has 1 fully saturated rings. The topological polar surface area (TPSA) is 62.6 Å². The molecule has 2 amide bonds. The van der Waals surface area contributed by atoms with Gasteiger partial charge in [-0.05, 0) is 25.1 Å². The molecule has 1 N–H and O–H groups in total. The molecular formula is C14H16F2N2O3. The molecular weight excluding hydrogens is 282 g/mol. The highest BCUT2D eigenvalue weighted by atomic mass is 19.3. The number of hydrogen-bond acceptors (Lipinski definition) is 3. The molecule has 0 bridgehead atoms. The minimum atomic E-state index is -3.07. The SMILES string of the molecule is C=CC(=O)N1CCC(F)(F)[C@H](NC(=O)c2ccc(C)o2)C1. The Bertz CT molecular complexity index is 568. The predicted molar refractivity (Wildman–Crippen MR) is 71.0 cm³/mol. The van der Waals surface area contributed by atoms with E-state index in [1.54, 1.807) is 13.0 Å². The summed E-state index contributed by atoms with van der Waals surface area (Å²) in [4.78, 5) is 24.7. The Morgan fingerprint density at radius 2 is 2.24 bits per heavy atom. The molecule has 114 valence electrons. The van der Waals surface area contributed by atoms with Crippen LogP contribution in [0.1, 0.15) is 22.7 Å². The predicted octanol–water partition coefficient (Wildman–Crippen LogP) is 1.74. The summed E-state index contributed by atoms with van der Waals surface area (Å²) in [5.74, 6) is -3.75. The second kappa shape index (κ2) is 5.67. The van der Waals surface area contributed by atoms with E-state index in [4.69, 9.17) is 4.42 Å². The third-order valence-electron chi connectivity index (χ3n) is 3.38. The maximum atomic E-state index is 13.9. The maximum Gasteiger partial charge on any atom is 0.287 e. The van der Waals surface area contributed by atoms with Crippen molar-refractivity contribution in [3.05, 3.63) is 36.3 Å². The molecule has 1 atom stereocenters. The van der Waals surface area contributed by atoms with Crippen LogP contribution in [0, 0.1) is 6.92 Å². The molecule has 0 aromatic carbocycles. The van der Waals surface area contributed by atoms with Crippen LogP contribution in [0.15, 0.2) is 29.2 Å². The number of piperidine rings is 1. The van der Waals surface area contributed by atoms with Gasteiger partial charge in [0.25, 0.3) is 11.8 Å². The minimum Gasteiger partial charge on any atom is -0.456 e. The number of nitrogens with zero attached hydrogens (tertiary/aromatic N) is 1. The lowest BCUT2D eigenvalue weighted by Gasteiger charge is -2.38. The number of carbonyl (C=O) groups excluding carboxylic acids is 2. The van der Waals surface area contributed by atoms with Crippen molar-refractivity contribution < 1.29 is 22.8 Å². The van der Waals surface area contributed by atoms with Gasteiger partial charge >= 0.3 is 0 Å². The highest BCUT2D eigenvalue weighted by Crippen LogP contribution is 2.28. The van der Waals surface area contributed by atoms with E-state index in [2.05, 4.69) is 11.9 Å². The summed E-state index contributed by atoms with van der Waals surface area (Å²) >= 11 is 0. The summed E-state index contributed by atoms with van der Waals surface area (Å²) in [5, 5.41) is 2.24.